The quantitative estimate of drug-likeness (QED) is 0.677. The standard InChI is InChI=1S/C12H26N2O2S/c1-12(11-14-6-4-5-7-14)10-13(2)8-9-17(3,15)16/h12H,4-11H2,1-3H3. The molecule has 4 nitrogen and oxygen atoms in total. The smallest absolute Gasteiger partial charge is 0.148 e. The molecule has 1 saturated heterocycles. The molecular formula is C12H26N2O2S. The van der Waals surface area contributed by atoms with E-state index in [1.54, 1.807) is 0 Å². The van der Waals surface area contributed by atoms with Gasteiger partial charge in [-0.25, -0.2) is 8.42 Å². The summed E-state index contributed by atoms with van der Waals surface area (Å²) in [5.74, 6) is 0.873. The molecule has 1 atom stereocenters. The van der Waals surface area contributed by atoms with Crippen molar-refractivity contribution in [1.82, 2.24) is 9.80 Å². The maximum atomic E-state index is 11.1. The van der Waals surface area contributed by atoms with E-state index in [0.29, 0.717) is 12.5 Å². The lowest BCUT2D eigenvalue weighted by atomic mass is 10.1. The van der Waals surface area contributed by atoms with Crippen LogP contribution in [0.5, 0.6) is 0 Å². The molecule has 1 unspecified atom stereocenters. The van der Waals surface area contributed by atoms with Crippen LogP contribution in [0.2, 0.25) is 0 Å². The van der Waals surface area contributed by atoms with E-state index in [4.69, 9.17) is 0 Å². The molecule has 0 spiro atoms. The van der Waals surface area contributed by atoms with Crippen molar-refractivity contribution in [1.29, 1.82) is 0 Å². The predicted octanol–water partition coefficient (Wildman–Crippen LogP) is 0.695. The van der Waals surface area contributed by atoms with Crippen LogP contribution in [0, 0.1) is 5.92 Å². The van der Waals surface area contributed by atoms with Crippen molar-refractivity contribution >= 4 is 9.84 Å². The second kappa shape index (κ2) is 6.71. The average Bonchev–Trinajstić information content (AvgIpc) is 2.66. The third kappa shape index (κ3) is 7.01. The molecule has 0 radical (unpaired) electrons. The summed E-state index contributed by atoms with van der Waals surface area (Å²) in [6, 6.07) is 0. The Bertz CT molecular complexity index is 310. The lowest BCUT2D eigenvalue weighted by Gasteiger charge is -2.24. The first kappa shape index (κ1) is 14.9. The van der Waals surface area contributed by atoms with Crippen LogP contribution in [0.15, 0.2) is 0 Å². The van der Waals surface area contributed by atoms with Crippen LogP contribution in [0.25, 0.3) is 0 Å². The molecule has 17 heavy (non-hydrogen) atoms. The summed E-state index contributed by atoms with van der Waals surface area (Å²) in [5.41, 5.74) is 0. The van der Waals surface area contributed by atoms with Gasteiger partial charge in [0, 0.05) is 25.9 Å². The Kier molecular flexibility index (Phi) is 5.89. The maximum Gasteiger partial charge on any atom is 0.148 e. The fraction of sp³-hybridized carbons (Fsp3) is 1.00. The number of likely N-dealkylation sites (tertiary alicyclic amines) is 1. The van der Waals surface area contributed by atoms with Crippen molar-refractivity contribution in [3.63, 3.8) is 0 Å². The van der Waals surface area contributed by atoms with Crippen LogP contribution in [0.1, 0.15) is 19.8 Å². The molecular weight excluding hydrogens is 236 g/mol. The van der Waals surface area contributed by atoms with E-state index in [1.807, 2.05) is 7.05 Å². The average molecular weight is 262 g/mol. The number of sulfone groups is 1. The third-order valence-electron chi connectivity index (χ3n) is 3.24. The monoisotopic (exact) mass is 262 g/mol. The zero-order valence-electron chi connectivity index (χ0n) is 11.4. The number of rotatable bonds is 7. The van der Waals surface area contributed by atoms with E-state index in [1.165, 1.54) is 32.2 Å². The highest BCUT2D eigenvalue weighted by Gasteiger charge is 2.16. The Morgan fingerprint density at radius 1 is 1.29 bits per heavy atom. The predicted molar refractivity (Wildman–Crippen MR) is 72.0 cm³/mol. The molecule has 1 rings (SSSR count). The second-order valence-electron chi connectivity index (χ2n) is 5.51. The zero-order chi connectivity index (χ0) is 12.9. The van der Waals surface area contributed by atoms with E-state index in [2.05, 4.69) is 16.7 Å². The topological polar surface area (TPSA) is 40.6 Å². The number of hydrogen-bond acceptors (Lipinski definition) is 4. The molecule has 0 N–H and O–H groups in total. The van der Waals surface area contributed by atoms with Crippen molar-refractivity contribution in [2.24, 2.45) is 5.92 Å². The maximum absolute atomic E-state index is 11.1. The molecule has 1 aliphatic heterocycles. The first-order chi connectivity index (χ1) is 7.87. The summed E-state index contributed by atoms with van der Waals surface area (Å²) in [4.78, 5) is 4.64. The SMILES string of the molecule is CC(CN(C)CCS(C)(=O)=O)CN1CCCC1. The first-order valence-electron chi connectivity index (χ1n) is 6.45. The molecule has 0 aromatic rings. The summed E-state index contributed by atoms with van der Waals surface area (Å²) in [7, 11) is -0.824. The van der Waals surface area contributed by atoms with E-state index in [-0.39, 0.29) is 5.75 Å². The molecule has 1 heterocycles. The van der Waals surface area contributed by atoms with Gasteiger partial charge in [-0.1, -0.05) is 6.92 Å². The highest BCUT2D eigenvalue weighted by atomic mass is 32.2. The van der Waals surface area contributed by atoms with Crippen molar-refractivity contribution in [3.05, 3.63) is 0 Å². The van der Waals surface area contributed by atoms with Gasteiger partial charge in [-0.2, -0.15) is 0 Å². The number of hydrogen-bond donors (Lipinski definition) is 0. The molecule has 0 aromatic carbocycles. The zero-order valence-corrected chi connectivity index (χ0v) is 12.2. The summed E-state index contributed by atoms with van der Waals surface area (Å²) >= 11 is 0. The third-order valence-corrected chi connectivity index (χ3v) is 4.16. The summed E-state index contributed by atoms with van der Waals surface area (Å²) in [6.07, 6.45) is 3.96. The molecule has 5 heteroatoms. The Morgan fingerprint density at radius 2 is 1.88 bits per heavy atom. The van der Waals surface area contributed by atoms with E-state index >= 15 is 0 Å². The van der Waals surface area contributed by atoms with E-state index in [0.717, 1.165) is 13.1 Å². The van der Waals surface area contributed by atoms with Crippen LogP contribution < -0.4 is 0 Å². The molecule has 1 aliphatic rings. The van der Waals surface area contributed by atoms with Crippen molar-refractivity contribution in [2.75, 3.05) is 51.8 Å². The largest absolute Gasteiger partial charge is 0.305 e. The van der Waals surface area contributed by atoms with Crippen molar-refractivity contribution in [2.45, 2.75) is 19.8 Å². The van der Waals surface area contributed by atoms with Crippen LogP contribution in [0.3, 0.4) is 0 Å². The van der Waals surface area contributed by atoms with Crippen LogP contribution >= 0.6 is 0 Å². The Hall–Kier alpha value is -0.130. The van der Waals surface area contributed by atoms with Crippen LogP contribution in [0.4, 0.5) is 0 Å². The molecule has 0 saturated carbocycles. The highest BCUT2D eigenvalue weighted by molar-refractivity contribution is 7.90. The minimum absolute atomic E-state index is 0.264. The molecule has 0 aromatic heterocycles. The van der Waals surface area contributed by atoms with E-state index in [9.17, 15) is 8.42 Å². The lowest BCUT2D eigenvalue weighted by molar-refractivity contribution is 0.231. The fourth-order valence-corrected chi connectivity index (χ4v) is 3.05. The van der Waals surface area contributed by atoms with Gasteiger partial charge in [0.25, 0.3) is 0 Å². The summed E-state index contributed by atoms with van der Waals surface area (Å²) in [6.45, 7) is 7.47. The van der Waals surface area contributed by atoms with Crippen LogP contribution in [-0.2, 0) is 9.84 Å². The van der Waals surface area contributed by atoms with Gasteiger partial charge in [-0.05, 0) is 38.9 Å². The molecule has 0 amide bonds. The van der Waals surface area contributed by atoms with Gasteiger partial charge in [0.1, 0.15) is 9.84 Å². The second-order valence-corrected chi connectivity index (χ2v) is 7.76. The van der Waals surface area contributed by atoms with Crippen LogP contribution in [-0.4, -0.2) is 70.0 Å². The minimum atomic E-state index is -2.83. The van der Waals surface area contributed by atoms with Gasteiger partial charge in [0.15, 0.2) is 0 Å². The molecule has 0 bridgehead atoms. The normalized spacial score (nSPS) is 20.0. The van der Waals surface area contributed by atoms with Gasteiger partial charge in [-0.3, -0.25) is 0 Å². The molecule has 102 valence electrons. The van der Waals surface area contributed by atoms with E-state index < -0.39 is 9.84 Å². The van der Waals surface area contributed by atoms with Crippen molar-refractivity contribution < 1.29 is 8.42 Å². The first-order valence-corrected chi connectivity index (χ1v) is 8.51. The Morgan fingerprint density at radius 3 is 2.41 bits per heavy atom. The summed E-state index contributed by atoms with van der Waals surface area (Å²) in [5, 5.41) is 0. The van der Waals surface area contributed by atoms with Gasteiger partial charge < -0.3 is 9.80 Å². The summed E-state index contributed by atoms with van der Waals surface area (Å²) < 4.78 is 22.1. The van der Waals surface area contributed by atoms with Gasteiger partial charge in [0.2, 0.25) is 0 Å². The van der Waals surface area contributed by atoms with Gasteiger partial charge in [0.05, 0.1) is 5.75 Å². The lowest BCUT2D eigenvalue weighted by Crippen LogP contribution is -2.34. The molecule has 0 aliphatic carbocycles. The Balaban J connectivity index is 2.18. The Labute approximate surface area is 106 Å². The minimum Gasteiger partial charge on any atom is -0.305 e. The fourth-order valence-electron chi connectivity index (χ4n) is 2.41. The molecule has 1 fully saturated rings. The van der Waals surface area contributed by atoms with Gasteiger partial charge >= 0.3 is 0 Å². The number of nitrogens with zero attached hydrogens (tertiary/aromatic N) is 2. The van der Waals surface area contributed by atoms with Crippen molar-refractivity contribution in [3.8, 4) is 0 Å². The van der Waals surface area contributed by atoms with Gasteiger partial charge in [-0.15, -0.1) is 0 Å². The highest BCUT2D eigenvalue weighted by Crippen LogP contribution is 2.10.